The highest BCUT2D eigenvalue weighted by molar-refractivity contribution is 5.98. The highest BCUT2D eigenvalue weighted by Crippen LogP contribution is 2.23. The summed E-state index contributed by atoms with van der Waals surface area (Å²) >= 11 is 0. The Morgan fingerprint density at radius 3 is 2.43 bits per heavy atom. The lowest BCUT2D eigenvalue weighted by molar-refractivity contribution is -0.131. The van der Waals surface area contributed by atoms with Gasteiger partial charge in [-0.05, 0) is 42.9 Å². The molecule has 0 radical (unpaired) electrons. The molecule has 1 N–H and O–H groups in total. The summed E-state index contributed by atoms with van der Waals surface area (Å²) in [6.45, 7) is 3.22. The number of hydrogen-bond donors (Lipinski definition) is 1. The van der Waals surface area contributed by atoms with Gasteiger partial charge < -0.3 is 10.2 Å². The molecule has 1 aromatic carbocycles. The number of nitrogens with zero attached hydrogens (tertiary/aromatic N) is 1. The molecule has 0 unspecified atom stereocenters. The maximum atomic E-state index is 12.3. The third-order valence-electron chi connectivity index (χ3n) is 4.71. The number of Topliss-reactive ketones (excluding diaryl/α,β-unsaturated/α-hetero) is 1. The van der Waals surface area contributed by atoms with E-state index >= 15 is 0 Å². The van der Waals surface area contributed by atoms with Crippen molar-refractivity contribution in [2.75, 3.05) is 26.2 Å². The van der Waals surface area contributed by atoms with E-state index in [9.17, 15) is 9.59 Å². The van der Waals surface area contributed by atoms with Crippen molar-refractivity contribution < 1.29 is 9.59 Å². The van der Waals surface area contributed by atoms with Gasteiger partial charge in [-0.2, -0.15) is 0 Å². The minimum atomic E-state index is 0. The summed E-state index contributed by atoms with van der Waals surface area (Å²) in [7, 11) is 0. The smallest absolute Gasteiger partial charge is 0.223 e. The molecule has 1 fully saturated rings. The van der Waals surface area contributed by atoms with Crippen LogP contribution in [0.1, 0.15) is 47.2 Å². The Morgan fingerprint density at radius 2 is 1.70 bits per heavy atom. The molecule has 1 aliphatic heterocycles. The van der Waals surface area contributed by atoms with Gasteiger partial charge >= 0.3 is 0 Å². The molecule has 3 rings (SSSR count). The number of piperazine rings is 1. The first-order chi connectivity index (χ1) is 10.7. The van der Waals surface area contributed by atoms with Crippen LogP contribution in [0.3, 0.4) is 0 Å². The molecule has 2 aliphatic rings. The van der Waals surface area contributed by atoms with Crippen molar-refractivity contribution in [1.29, 1.82) is 0 Å². The van der Waals surface area contributed by atoms with E-state index < -0.39 is 0 Å². The predicted molar refractivity (Wildman–Crippen MR) is 93.3 cm³/mol. The fraction of sp³-hybridized carbons (Fsp3) is 0.556. The Hall–Kier alpha value is -1.39. The van der Waals surface area contributed by atoms with Crippen molar-refractivity contribution >= 4 is 24.1 Å². The van der Waals surface area contributed by atoms with E-state index in [1.807, 2.05) is 17.0 Å². The standard InChI is InChI=1S/C18H24N2O2.ClH/c21-17(7-8-18(22)20-11-9-19-10-12-20)16-6-5-14-3-1-2-4-15(14)13-16;/h5-6,13,19H,1-4,7-12H2;1H. The van der Waals surface area contributed by atoms with Crippen LogP contribution >= 0.6 is 12.4 Å². The molecule has 1 amide bonds. The van der Waals surface area contributed by atoms with Crippen molar-refractivity contribution in [1.82, 2.24) is 10.2 Å². The Morgan fingerprint density at radius 1 is 1.00 bits per heavy atom. The molecule has 1 heterocycles. The van der Waals surface area contributed by atoms with Crippen LogP contribution in [0.5, 0.6) is 0 Å². The van der Waals surface area contributed by atoms with Gasteiger partial charge in [0.05, 0.1) is 0 Å². The van der Waals surface area contributed by atoms with Gasteiger partial charge in [0.1, 0.15) is 0 Å². The van der Waals surface area contributed by atoms with E-state index in [1.54, 1.807) is 0 Å². The molecule has 0 aromatic heterocycles. The van der Waals surface area contributed by atoms with Crippen molar-refractivity contribution in [2.45, 2.75) is 38.5 Å². The van der Waals surface area contributed by atoms with Gasteiger partial charge in [-0.15, -0.1) is 12.4 Å². The Bertz CT molecular complexity index is 568. The number of amides is 1. The molecule has 0 atom stereocenters. The molecule has 0 spiro atoms. The zero-order valence-electron chi connectivity index (χ0n) is 13.5. The Kier molecular flexibility index (Phi) is 6.60. The van der Waals surface area contributed by atoms with Gasteiger partial charge in [0.15, 0.2) is 5.78 Å². The molecule has 1 aromatic rings. The minimum absolute atomic E-state index is 0. The van der Waals surface area contributed by atoms with Gasteiger partial charge in [-0.1, -0.05) is 12.1 Å². The van der Waals surface area contributed by atoms with E-state index in [-0.39, 0.29) is 24.1 Å². The maximum Gasteiger partial charge on any atom is 0.223 e. The number of ketones is 1. The van der Waals surface area contributed by atoms with Gasteiger partial charge in [0.25, 0.3) is 0 Å². The van der Waals surface area contributed by atoms with Crippen LogP contribution in [-0.4, -0.2) is 42.8 Å². The molecule has 23 heavy (non-hydrogen) atoms. The maximum absolute atomic E-state index is 12.3. The molecule has 1 aliphatic carbocycles. The average Bonchev–Trinajstić information content (AvgIpc) is 2.59. The normalized spacial score (nSPS) is 17.1. The molecule has 5 heteroatoms. The summed E-state index contributed by atoms with van der Waals surface area (Å²) in [5.74, 6) is 0.199. The number of benzene rings is 1. The second kappa shape index (κ2) is 8.46. The van der Waals surface area contributed by atoms with Crippen LogP contribution in [-0.2, 0) is 17.6 Å². The first kappa shape index (κ1) is 18.0. The fourth-order valence-electron chi connectivity index (χ4n) is 3.34. The number of nitrogens with one attached hydrogen (secondary N) is 1. The lowest BCUT2D eigenvalue weighted by atomic mass is 9.89. The van der Waals surface area contributed by atoms with Crippen LogP contribution in [0.25, 0.3) is 0 Å². The summed E-state index contributed by atoms with van der Waals surface area (Å²) in [5, 5.41) is 3.23. The number of hydrogen-bond acceptors (Lipinski definition) is 3. The Labute approximate surface area is 144 Å². The van der Waals surface area contributed by atoms with Crippen LogP contribution in [0.15, 0.2) is 18.2 Å². The SMILES string of the molecule is Cl.O=C(CCC(=O)N1CCNCC1)c1ccc2c(c1)CCCC2. The topological polar surface area (TPSA) is 49.4 Å². The first-order valence-electron chi connectivity index (χ1n) is 8.37. The first-order valence-corrected chi connectivity index (χ1v) is 8.37. The van der Waals surface area contributed by atoms with Crippen molar-refractivity contribution in [3.8, 4) is 0 Å². The minimum Gasteiger partial charge on any atom is -0.340 e. The number of aryl methyl sites for hydroxylation is 2. The van der Waals surface area contributed by atoms with E-state index in [0.29, 0.717) is 12.8 Å². The van der Waals surface area contributed by atoms with Gasteiger partial charge in [0.2, 0.25) is 5.91 Å². The molecule has 4 nitrogen and oxygen atoms in total. The summed E-state index contributed by atoms with van der Waals surface area (Å²) in [6, 6.07) is 6.08. The highest BCUT2D eigenvalue weighted by atomic mass is 35.5. The van der Waals surface area contributed by atoms with Crippen molar-refractivity contribution in [3.05, 3.63) is 34.9 Å². The van der Waals surface area contributed by atoms with Crippen LogP contribution in [0, 0.1) is 0 Å². The summed E-state index contributed by atoms with van der Waals surface area (Å²) in [4.78, 5) is 26.3. The van der Waals surface area contributed by atoms with E-state index in [2.05, 4.69) is 11.4 Å². The number of carbonyl (C=O) groups is 2. The number of halogens is 1. The molecule has 1 saturated heterocycles. The molecular weight excluding hydrogens is 312 g/mol. The van der Waals surface area contributed by atoms with Crippen LogP contribution < -0.4 is 5.32 Å². The average molecular weight is 337 g/mol. The summed E-state index contributed by atoms with van der Waals surface area (Å²) in [6.07, 6.45) is 5.32. The third-order valence-corrected chi connectivity index (χ3v) is 4.71. The fourth-order valence-corrected chi connectivity index (χ4v) is 3.34. The lowest BCUT2D eigenvalue weighted by Gasteiger charge is -2.27. The van der Waals surface area contributed by atoms with Gasteiger partial charge in [-0.25, -0.2) is 0 Å². The van der Waals surface area contributed by atoms with Gasteiger partial charge in [0, 0.05) is 44.6 Å². The summed E-state index contributed by atoms with van der Waals surface area (Å²) in [5.41, 5.74) is 3.49. The largest absolute Gasteiger partial charge is 0.340 e. The Balaban J connectivity index is 0.00000192. The number of carbonyl (C=O) groups excluding carboxylic acids is 2. The molecule has 126 valence electrons. The van der Waals surface area contributed by atoms with Crippen LogP contribution in [0.4, 0.5) is 0 Å². The van der Waals surface area contributed by atoms with Crippen molar-refractivity contribution in [2.24, 2.45) is 0 Å². The van der Waals surface area contributed by atoms with E-state index in [0.717, 1.165) is 44.6 Å². The molecule has 0 bridgehead atoms. The van der Waals surface area contributed by atoms with Gasteiger partial charge in [-0.3, -0.25) is 9.59 Å². The van der Waals surface area contributed by atoms with E-state index in [4.69, 9.17) is 0 Å². The second-order valence-corrected chi connectivity index (χ2v) is 6.24. The monoisotopic (exact) mass is 336 g/mol. The second-order valence-electron chi connectivity index (χ2n) is 6.24. The zero-order chi connectivity index (χ0) is 15.4. The summed E-state index contributed by atoms with van der Waals surface area (Å²) < 4.78 is 0. The molecule has 0 saturated carbocycles. The number of fused-ring (bicyclic) bond motifs is 1. The van der Waals surface area contributed by atoms with Crippen molar-refractivity contribution in [3.63, 3.8) is 0 Å². The van der Waals surface area contributed by atoms with Crippen LogP contribution in [0.2, 0.25) is 0 Å². The third kappa shape index (κ3) is 4.55. The zero-order valence-corrected chi connectivity index (χ0v) is 14.3. The predicted octanol–water partition coefficient (Wildman–Crippen LogP) is 2.38. The number of rotatable bonds is 4. The highest BCUT2D eigenvalue weighted by Gasteiger charge is 2.18. The quantitative estimate of drug-likeness (QED) is 0.859. The lowest BCUT2D eigenvalue weighted by Crippen LogP contribution is -2.46. The molecular formula is C18H25ClN2O2. The van der Waals surface area contributed by atoms with E-state index in [1.165, 1.54) is 24.0 Å².